The fourth-order valence-corrected chi connectivity index (χ4v) is 2.05. The first-order valence-corrected chi connectivity index (χ1v) is 7.21. The van der Waals surface area contributed by atoms with Gasteiger partial charge in [-0.2, -0.15) is 0 Å². The number of carbonyl (C=O) groups excluding carboxylic acids is 2. The zero-order chi connectivity index (χ0) is 15.1. The van der Waals surface area contributed by atoms with Crippen molar-refractivity contribution >= 4 is 23.7 Å². The number of nitrogens with one attached hydrogen (secondary N) is 3. The van der Waals surface area contributed by atoms with Crippen molar-refractivity contribution in [3.63, 3.8) is 0 Å². The third kappa shape index (κ3) is 4.56. The summed E-state index contributed by atoms with van der Waals surface area (Å²) in [5.74, 6) is 0.260. The smallest absolute Gasteiger partial charge is 0.321 e. The van der Waals surface area contributed by atoms with E-state index in [1.807, 2.05) is 0 Å². The van der Waals surface area contributed by atoms with Crippen LogP contribution in [0.1, 0.15) is 6.92 Å². The lowest BCUT2D eigenvalue weighted by Crippen LogP contribution is -2.40. The van der Waals surface area contributed by atoms with Gasteiger partial charge in [-0.25, -0.2) is 9.78 Å². The summed E-state index contributed by atoms with van der Waals surface area (Å²) >= 11 is 1.14. The van der Waals surface area contributed by atoms with E-state index in [1.165, 1.54) is 0 Å². The standard InChI is InChI=1S/C12H14N6O2S/c1-2-14-11(20)15-9(19)7-21-12-16-10(17-18-12)8-3-5-13-6-4-8/h3-6H,2,7H2,1H3,(H,16,17,18)(H2,14,15,19,20). The van der Waals surface area contributed by atoms with E-state index in [4.69, 9.17) is 0 Å². The molecular weight excluding hydrogens is 292 g/mol. The normalized spacial score (nSPS) is 10.1. The highest BCUT2D eigenvalue weighted by molar-refractivity contribution is 7.99. The van der Waals surface area contributed by atoms with Gasteiger partial charge in [-0.15, -0.1) is 5.10 Å². The molecule has 0 spiro atoms. The Bertz CT molecular complexity index is 615. The molecule has 2 aromatic heterocycles. The van der Waals surface area contributed by atoms with Gasteiger partial charge in [-0.3, -0.25) is 20.2 Å². The number of imide groups is 1. The number of hydrogen-bond acceptors (Lipinski definition) is 6. The van der Waals surface area contributed by atoms with Crippen molar-refractivity contribution in [1.82, 2.24) is 30.8 Å². The van der Waals surface area contributed by atoms with Crippen molar-refractivity contribution in [3.8, 4) is 11.4 Å². The molecule has 0 aliphatic rings. The van der Waals surface area contributed by atoms with Crippen LogP contribution in [0.4, 0.5) is 4.79 Å². The fourth-order valence-electron chi connectivity index (χ4n) is 1.45. The number of urea groups is 1. The summed E-state index contributed by atoms with van der Waals surface area (Å²) in [5.41, 5.74) is 0.858. The molecule has 2 rings (SSSR count). The van der Waals surface area contributed by atoms with E-state index >= 15 is 0 Å². The topological polar surface area (TPSA) is 113 Å². The lowest BCUT2D eigenvalue weighted by molar-refractivity contribution is -0.117. The maximum atomic E-state index is 11.5. The summed E-state index contributed by atoms with van der Waals surface area (Å²) < 4.78 is 0. The minimum atomic E-state index is -0.504. The van der Waals surface area contributed by atoms with Crippen LogP contribution in [0.2, 0.25) is 0 Å². The molecule has 0 aromatic carbocycles. The van der Waals surface area contributed by atoms with E-state index in [0.717, 1.165) is 17.3 Å². The number of thioether (sulfide) groups is 1. The van der Waals surface area contributed by atoms with Crippen molar-refractivity contribution in [1.29, 1.82) is 0 Å². The van der Waals surface area contributed by atoms with Gasteiger partial charge in [0.1, 0.15) is 0 Å². The summed E-state index contributed by atoms with van der Waals surface area (Å²) in [6.07, 6.45) is 3.31. The van der Waals surface area contributed by atoms with Crippen LogP contribution in [0.5, 0.6) is 0 Å². The molecule has 8 nitrogen and oxygen atoms in total. The molecule has 0 saturated carbocycles. The molecule has 0 saturated heterocycles. The maximum Gasteiger partial charge on any atom is 0.321 e. The average Bonchev–Trinajstić information content (AvgIpc) is 2.95. The molecule has 0 fully saturated rings. The predicted octanol–water partition coefficient (Wildman–Crippen LogP) is 0.804. The van der Waals surface area contributed by atoms with Crippen molar-refractivity contribution in [2.75, 3.05) is 12.3 Å². The Morgan fingerprint density at radius 3 is 2.81 bits per heavy atom. The number of aromatic nitrogens is 4. The first-order chi connectivity index (χ1) is 10.2. The van der Waals surface area contributed by atoms with Gasteiger partial charge in [-0.05, 0) is 19.1 Å². The van der Waals surface area contributed by atoms with Crippen molar-refractivity contribution in [3.05, 3.63) is 24.5 Å². The third-order valence-electron chi connectivity index (χ3n) is 2.34. The summed E-state index contributed by atoms with van der Waals surface area (Å²) in [4.78, 5) is 30.8. The molecule has 0 unspecified atom stereocenters. The number of amides is 3. The monoisotopic (exact) mass is 306 g/mol. The lowest BCUT2D eigenvalue weighted by Gasteiger charge is -2.02. The second-order valence-corrected chi connectivity index (χ2v) is 4.84. The van der Waals surface area contributed by atoms with E-state index in [2.05, 4.69) is 30.8 Å². The van der Waals surface area contributed by atoms with Crippen LogP contribution in [0.25, 0.3) is 11.4 Å². The first kappa shape index (κ1) is 15.0. The number of nitrogens with zero attached hydrogens (tertiary/aromatic N) is 3. The van der Waals surface area contributed by atoms with Crippen molar-refractivity contribution < 1.29 is 9.59 Å². The summed E-state index contributed by atoms with van der Waals surface area (Å²) in [6.45, 7) is 2.23. The molecule has 0 aliphatic carbocycles. The molecule has 0 bridgehead atoms. The van der Waals surface area contributed by atoms with E-state index < -0.39 is 11.9 Å². The van der Waals surface area contributed by atoms with Crippen LogP contribution in [-0.2, 0) is 4.79 Å². The van der Waals surface area contributed by atoms with Gasteiger partial charge in [0.2, 0.25) is 11.1 Å². The molecule has 21 heavy (non-hydrogen) atoms. The maximum absolute atomic E-state index is 11.5. The van der Waals surface area contributed by atoms with Gasteiger partial charge >= 0.3 is 6.03 Å². The van der Waals surface area contributed by atoms with Crippen LogP contribution in [-0.4, -0.2) is 44.4 Å². The Morgan fingerprint density at radius 2 is 2.10 bits per heavy atom. The molecule has 3 N–H and O–H groups in total. The number of rotatable bonds is 5. The van der Waals surface area contributed by atoms with Gasteiger partial charge in [0.25, 0.3) is 0 Å². The Morgan fingerprint density at radius 1 is 1.33 bits per heavy atom. The van der Waals surface area contributed by atoms with Crippen LogP contribution < -0.4 is 10.6 Å². The Kier molecular flexibility index (Phi) is 5.27. The quantitative estimate of drug-likeness (QED) is 0.704. The van der Waals surface area contributed by atoms with Crippen molar-refractivity contribution in [2.24, 2.45) is 0 Å². The number of carbonyl (C=O) groups is 2. The lowest BCUT2D eigenvalue weighted by atomic mass is 10.3. The number of hydrogen-bond donors (Lipinski definition) is 3. The van der Waals surface area contributed by atoms with Gasteiger partial charge in [0.15, 0.2) is 5.82 Å². The zero-order valence-electron chi connectivity index (χ0n) is 11.3. The molecule has 0 aliphatic heterocycles. The second-order valence-electron chi connectivity index (χ2n) is 3.90. The number of pyridine rings is 1. The van der Waals surface area contributed by atoms with E-state index in [-0.39, 0.29) is 5.75 Å². The van der Waals surface area contributed by atoms with E-state index in [0.29, 0.717) is 17.5 Å². The van der Waals surface area contributed by atoms with Crippen LogP contribution >= 0.6 is 11.8 Å². The van der Waals surface area contributed by atoms with Gasteiger partial charge < -0.3 is 5.32 Å². The van der Waals surface area contributed by atoms with Crippen LogP contribution in [0.15, 0.2) is 29.7 Å². The molecule has 3 amide bonds. The van der Waals surface area contributed by atoms with E-state index in [9.17, 15) is 9.59 Å². The van der Waals surface area contributed by atoms with Gasteiger partial charge in [0, 0.05) is 24.5 Å². The van der Waals surface area contributed by atoms with Crippen LogP contribution in [0.3, 0.4) is 0 Å². The average molecular weight is 306 g/mol. The highest BCUT2D eigenvalue weighted by Crippen LogP contribution is 2.17. The Hall–Kier alpha value is -2.42. The Labute approximate surface area is 125 Å². The minimum Gasteiger partial charge on any atom is -0.338 e. The summed E-state index contributed by atoms with van der Waals surface area (Å²) in [6, 6.07) is 3.10. The summed E-state index contributed by atoms with van der Waals surface area (Å²) in [5, 5.41) is 11.9. The van der Waals surface area contributed by atoms with E-state index in [1.54, 1.807) is 31.5 Å². The molecule has 0 radical (unpaired) electrons. The minimum absolute atomic E-state index is 0.0603. The predicted molar refractivity (Wildman–Crippen MR) is 77.6 cm³/mol. The van der Waals surface area contributed by atoms with Gasteiger partial charge in [-0.1, -0.05) is 11.8 Å². The first-order valence-electron chi connectivity index (χ1n) is 6.22. The molecule has 9 heteroatoms. The second kappa shape index (κ2) is 7.39. The molecule has 2 heterocycles. The molecular formula is C12H14N6O2S. The Balaban J connectivity index is 1.86. The number of H-pyrrole nitrogens is 1. The fraction of sp³-hybridized carbons (Fsp3) is 0.250. The number of aromatic amines is 1. The van der Waals surface area contributed by atoms with Crippen molar-refractivity contribution in [2.45, 2.75) is 12.1 Å². The SMILES string of the molecule is CCNC(=O)NC(=O)CSc1n[nH]c(-c2ccncc2)n1. The molecule has 110 valence electrons. The van der Waals surface area contributed by atoms with Crippen LogP contribution in [0, 0.1) is 0 Å². The largest absolute Gasteiger partial charge is 0.338 e. The molecule has 0 atom stereocenters. The molecule has 2 aromatic rings. The summed E-state index contributed by atoms with van der Waals surface area (Å²) in [7, 11) is 0. The highest BCUT2D eigenvalue weighted by Gasteiger charge is 2.10. The van der Waals surface area contributed by atoms with Gasteiger partial charge in [0.05, 0.1) is 5.75 Å². The highest BCUT2D eigenvalue weighted by atomic mass is 32.2. The zero-order valence-corrected chi connectivity index (χ0v) is 12.1. The third-order valence-corrected chi connectivity index (χ3v) is 3.19.